The Labute approximate surface area is 77.9 Å². The monoisotopic (exact) mass is 263 g/mol. The molecule has 0 spiro atoms. The maximum atomic E-state index is 10.5. The van der Waals surface area contributed by atoms with E-state index in [9.17, 15) is 4.79 Å². The molecule has 1 aromatic heterocycles. The molecule has 0 aliphatic heterocycles. The van der Waals surface area contributed by atoms with Crippen LogP contribution in [0.25, 0.3) is 0 Å². The minimum Gasteiger partial charge on any atom is -0.494 e. The largest absolute Gasteiger partial charge is 0.494 e. The van der Waals surface area contributed by atoms with Crippen molar-refractivity contribution in [2.75, 3.05) is 7.11 Å². The third-order valence-electron chi connectivity index (χ3n) is 1.24. The van der Waals surface area contributed by atoms with Crippen LogP contribution in [0.2, 0.25) is 0 Å². The van der Waals surface area contributed by atoms with Crippen LogP contribution in [0.5, 0.6) is 5.75 Å². The first kappa shape index (κ1) is 8.45. The number of methoxy groups -OCH3 is 1. The molecule has 1 rings (SSSR count). The highest BCUT2D eigenvalue weighted by Crippen LogP contribution is 2.19. The minimum absolute atomic E-state index is 0.520. The van der Waals surface area contributed by atoms with E-state index in [0.717, 1.165) is 9.86 Å². The average Bonchev–Trinajstić information content (AvgIpc) is 2.04. The first-order chi connectivity index (χ1) is 5.29. The SMILES string of the molecule is COc1cncc(I)c1C=O. The Morgan fingerprint density at radius 2 is 2.36 bits per heavy atom. The van der Waals surface area contributed by atoms with E-state index in [0.29, 0.717) is 11.3 Å². The molecule has 0 amide bonds. The summed E-state index contributed by atoms with van der Waals surface area (Å²) in [5.74, 6) is 0.520. The normalized spacial score (nSPS) is 9.27. The second-order valence-corrected chi connectivity index (χ2v) is 3.02. The quantitative estimate of drug-likeness (QED) is 0.599. The van der Waals surface area contributed by atoms with Crippen molar-refractivity contribution < 1.29 is 9.53 Å². The Kier molecular flexibility index (Phi) is 2.81. The molecule has 0 saturated heterocycles. The van der Waals surface area contributed by atoms with E-state index in [1.807, 2.05) is 22.6 Å². The number of carbonyl (C=O) groups excluding carboxylic acids is 1. The van der Waals surface area contributed by atoms with Crippen molar-refractivity contribution in [3.8, 4) is 5.75 Å². The smallest absolute Gasteiger partial charge is 0.154 e. The summed E-state index contributed by atoms with van der Waals surface area (Å²) in [4.78, 5) is 14.4. The number of hydrogen-bond acceptors (Lipinski definition) is 3. The van der Waals surface area contributed by atoms with Crippen molar-refractivity contribution in [1.29, 1.82) is 0 Å². The van der Waals surface area contributed by atoms with Gasteiger partial charge in [0.1, 0.15) is 5.75 Å². The summed E-state index contributed by atoms with van der Waals surface area (Å²) in [5, 5.41) is 0. The van der Waals surface area contributed by atoms with E-state index in [1.165, 1.54) is 13.3 Å². The molecular formula is C7H6INO2. The molecule has 0 bridgehead atoms. The topological polar surface area (TPSA) is 39.2 Å². The molecule has 0 N–H and O–H groups in total. The fourth-order valence-corrected chi connectivity index (χ4v) is 1.26. The minimum atomic E-state index is 0.520. The highest BCUT2D eigenvalue weighted by Gasteiger charge is 2.04. The molecule has 0 fully saturated rings. The average molecular weight is 263 g/mol. The molecule has 0 atom stereocenters. The lowest BCUT2D eigenvalue weighted by molar-refractivity contribution is 0.111. The van der Waals surface area contributed by atoms with E-state index < -0.39 is 0 Å². The fourth-order valence-electron chi connectivity index (χ4n) is 0.704. The third kappa shape index (κ3) is 1.68. The number of rotatable bonds is 2. The van der Waals surface area contributed by atoms with Crippen LogP contribution in [-0.4, -0.2) is 18.4 Å². The van der Waals surface area contributed by atoms with Gasteiger partial charge in [0.05, 0.1) is 18.9 Å². The highest BCUT2D eigenvalue weighted by molar-refractivity contribution is 14.1. The number of aromatic nitrogens is 1. The maximum Gasteiger partial charge on any atom is 0.154 e. The van der Waals surface area contributed by atoms with Crippen LogP contribution in [0.3, 0.4) is 0 Å². The number of halogens is 1. The van der Waals surface area contributed by atoms with Crippen molar-refractivity contribution in [3.63, 3.8) is 0 Å². The molecule has 0 aliphatic rings. The molecule has 0 aromatic carbocycles. The molecule has 0 radical (unpaired) electrons. The predicted molar refractivity (Wildman–Crippen MR) is 48.9 cm³/mol. The lowest BCUT2D eigenvalue weighted by Gasteiger charge is -2.02. The lowest BCUT2D eigenvalue weighted by Crippen LogP contribution is -1.94. The Balaban J connectivity index is 3.24. The van der Waals surface area contributed by atoms with E-state index >= 15 is 0 Å². The first-order valence-corrected chi connectivity index (χ1v) is 4.00. The van der Waals surface area contributed by atoms with Crippen LogP contribution < -0.4 is 4.74 Å². The standard InChI is InChI=1S/C7H6INO2/c1-11-7-3-9-2-6(8)5(7)4-10/h2-4H,1H3. The summed E-state index contributed by atoms with van der Waals surface area (Å²) in [6.45, 7) is 0. The molecule has 0 unspecified atom stereocenters. The second kappa shape index (κ2) is 3.66. The number of nitrogens with zero attached hydrogens (tertiary/aromatic N) is 1. The Bertz CT molecular complexity index is 275. The van der Waals surface area contributed by atoms with Crippen molar-refractivity contribution in [1.82, 2.24) is 4.98 Å². The van der Waals surface area contributed by atoms with Crippen molar-refractivity contribution in [3.05, 3.63) is 21.5 Å². The van der Waals surface area contributed by atoms with Gasteiger partial charge in [-0.25, -0.2) is 0 Å². The van der Waals surface area contributed by atoms with Gasteiger partial charge in [-0.2, -0.15) is 0 Å². The zero-order chi connectivity index (χ0) is 8.27. The zero-order valence-corrected chi connectivity index (χ0v) is 8.03. The van der Waals surface area contributed by atoms with Gasteiger partial charge in [0.2, 0.25) is 0 Å². The molecule has 1 heterocycles. The van der Waals surface area contributed by atoms with Crippen LogP contribution >= 0.6 is 22.6 Å². The van der Waals surface area contributed by atoms with E-state index in [-0.39, 0.29) is 0 Å². The first-order valence-electron chi connectivity index (χ1n) is 2.92. The highest BCUT2D eigenvalue weighted by atomic mass is 127. The summed E-state index contributed by atoms with van der Waals surface area (Å²) >= 11 is 2.04. The lowest BCUT2D eigenvalue weighted by atomic mass is 10.3. The summed E-state index contributed by atoms with van der Waals surface area (Å²) in [6, 6.07) is 0. The molecular weight excluding hydrogens is 257 g/mol. The Morgan fingerprint density at radius 3 is 2.82 bits per heavy atom. The summed E-state index contributed by atoms with van der Waals surface area (Å²) in [5.41, 5.74) is 0.558. The van der Waals surface area contributed by atoms with E-state index in [2.05, 4.69) is 4.98 Å². The molecule has 0 saturated carbocycles. The summed E-state index contributed by atoms with van der Waals surface area (Å²) < 4.78 is 5.72. The molecule has 3 nitrogen and oxygen atoms in total. The third-order valence-corrected chi connectivity index (χ3v) is 2.10. The molecule has 11 heavy (non-hydrogen) atoms. The van der Waals surface area contributed by atoms with Crippen molar-refractivity contribution in [2.45, 2.75) is 0 Å². The van der Waals surface area contributed by atoms with Gasteiger partial charge in [0.15, 0.2) is 6.29 Å². The van der Waals surface area contributed by atoms with Crippen LogP contribution in [0, 0.1) is 3.57 Å². The van der Waals surface area contributed by atoms with Crippen LogP contribution in [0.1, 0.15) is 10.4 Å². The number of ether oxygens (including phenoxy) is 1. The number of carbonyl (C=O) groups is 1. The maximum absolute atomic E-state index is 10.5. The van der Waals surface area contributed by atoms with E-state index in [1.54, 1.807) is 6.20 Å². The van der Waals surface area contributed by atoms with Gasteiger partial charge in [0.25, 0.3) is 0 Å². The fraction of sp³-hybridized carbons (Fsp3) is 0.143. The number of aldehydes is 1. The number of hydrogen-bond donors (Lipinski definition) is 0. The van der Waals surface area contributed by atoms with E-state index in [4.69, 9.17) is 4.74 Å². The van der Waals surface area contributed by atoms with Crippen LogP contribution in [-0.2, 0) is 0 Å². The van der Waals surface area contributed by atoms with Crippen LogP contribution in [0.4, 0.5) is 0 Å². The summed E-state index contributed by atoms with van der Waals surface area (Å²) in [6.07, 6.45) is 3.90. The van der Waals surface area contributed by atoms with Gasteiger partial charge >= 0.3 is 0 Å². The van der Waals surface area contributed by atoms with Crippen molar-refractivity contribution >= 4 is 28.9 Å². The summed E-state index contributed by atoms with van der Waals surface area (Å²) in [7, 11) is 1.51. The second-order valence-electron chi connectivity index (χ2n) is 1.86. The molecule has 4 heteroatoms. The van der Waals surface area contributed by atoms with Gasteiger partial charge in [-0.1, -0.05) is 0 Å². The molecule has 1 aromatic rings. The number of pyridine rings is 1. The van der Waals surface area contributed by atoms with Crippen molar-refractivity contribution in [2.24, 2.45) is 0 Å². The van der Waals surface area contributed by atoms with Gasteiger partial charge in [-0.15, -0.1) is 0 Å². The van der Waals surface area contributed by atoms with Gasteiger partial charge in [-0.3, -0.25) is 9.78 Å². The van der Waals surface area contributed by atoms with Gasteiger partial charge in [0, 0.05) is 9.77 Å². The molecule has 0 aliphatic carbocycles. The Hall–Kier alpha value is -0.650. The molecule has 58 valence electrons. The van der Waals surface area contributed by atoms with Crippen LogP contribution in [0.15, 0.2) is 12.4 Å². The Morgan fingerprint density at radius 1 is 1.64 bits per heavy atom. The predicted octanol–water partition coefficient (Wildman–Crippen LogP) is 1.51. The van der Waals surface area contributed by atoms with Gasteiger partial charge < -0.3 is 4.74 Å². The zero-order valence-electron chi connectivity index (χ0n) is 5.87. The van der Waals surface area contributed by atoms with Gasteiger partial charge in [-0.05, 0) is 22.6 Å².